The summed E-state index contributed by atoms with van der Waals surface area (Å²) in [5.41, 5.74) is 6.14. The maximum atomic E-state index is 11.3. The number of hydrogen-bond acceptors (Lipinski definition) is 6. The van der Waals surface area contributed by atoms with Crippen molar-refractivity contribution >= 4 is 29.1 Å². The Hall–Kier alpha value is -1.56. The van der Waals surface area contributed by atoms with Gasteiger partial charge in [0, 0.05) is 6.54 Å². The molecule has 0 saturated heterocycles. The fourth-order valence-corrected chi connectivity index (χ4v) is 1.49. The van der Waals surface area contributed by atoms with E-state index in [1.54, 1.807) is 4.90 Å². The quantitative estimate of drug-likeness (QED) is 0.629. The van der Waals surface area contributed by atoms with Crippen molar-refractivity contribution in [1.29, 1.82) is 0 Å². The molecule has 0 amide bonds. The third kappa shape index (κ3) is 3.74. The molecule has 1 heterocycles. The van der Waals surface area contributed by atoms with Gasteiger partial charge in [0.1, 0.15) is 6.54 Å². The molecule has 2 N–H and O–H groups in total. The van der Waals surface area contributed by atoms with Crippen LogP contribution in [0, 0.1) is 0 Å². The van der Waals surface area contributed by atoms with Crippen LogP contribution in [0.15, 0.2) is 6.20 Å². The number of rotatable bonds is 5. The number of nitrogens with zero attached hydrogens (tertiary/aromatic N) is 3. The number of anilines is 2. The number of methoxy groups -OCH3 is 1. The molecule has 6 nitrogen and oxygen atoms in total. The van der Waals surface area contributed by atoms with Crippen LogP contribution in [0.4, 0.5) is 11.5 Å². The van der Waals surface area contributed by atoms with E-state index < -0.39 is 0 Å². The molecule has 1 aromatic heterocycles. The monoisotopic (exact) mass is 258 g/mol. The molecule has 0 aromatic carbocycles. The van der Waals surface area contributed by atoms with Gasteiger partial charge in [-0.2, -0.15) is 4.98 Å². The van der Waals surface area contributed by atoms with Crippen LogP contribution < -0.4 is 10.6 Å². The Morgan fingerprint density at radius 2 is 2.35 bits per heavy atom. The summed E-state index contributed by atoms with van der Waals surface area (Å²) in [7, 11) is 1.34. The third-order valence-electron chi connectivity index (χ3n) is 2.11. The minimum Gasteiger partial charge on any atom is -0.468 e. The van der Waals surface area contributed by atoms with Crippen LogP contribution in [0.2, 0.25) is 5.28 Å². The molecule has 0 fully saturated rings. The lowest BCUT2D eigenvalue weighted by Crippen LogP contribution is -2.32. The Bertz CT molecular complexity index is 400. The van der Waals surface area contributed by atoms with Gasteiger partial charge >= 0.3 is 5.97 Å². The number of nitrogen functional groups attached to an aromatic ring is 1. The van der Waals surface area contributed by atoms with Gasteiger partial charge in [0.05, 0.1) is 19.0 Å². The SMILES string of the molecule is CCCN(CC(=O)OC)c1nc(Cl)ncc1N. The first-order chi connectivity index (χ1) is 8.08. The van der Waals surface area contributed by atoms with Crippen molar-refractivity contribution in [3.05, 3.63) is 11.5 Å². The zero-order valence-corrected chi connectivity index (χ0v) is 10.6. The maximum Gasteiger partial charge on any atom is 0.325 e. The Kier molecular flexibility index (Phi) is 4.96. The van der Waals surface area contributed by atoms with Crippen molar-refractivity contribution in [2.45, 2.75) is 13.3 Å². The van der Waals surface area contributed by atoms with Crippen molar-refractivity contribution in [1.82, 2.24) is 9.97 Å². The van der Waals surface area contributed by atoms with Gasteiger partial charge in [-0.3, -0.25) is 4.79 Å². The topological polar surface area (TPSA) is 81.3 Å². The van der Waals surface area contributed by atoms with Crippen LogP contribution in [0.25, 0.3) is 0 Å². The number of hydrogen-bond donors (Lipinski definition) is 1. The second-order valence-corrected chi connectivity index (χ2v) is 3.75. The van der Waals surface area contributed by atoms with Gasteiger partial charge in [0.2, 0.25) is 5.28 Å². The molecule has 0 radical (unpaired) electrons. The first kappa shape index (κ1) is 13.5. The predicted octanol–water partition coefficient (Wildman–Crippen LogP) is 1.10. The summed E-state index contributed by atoms with van der Waals surface area (Å²) in [5, 5.41) is 0.0974. The van der Waals surface area contributed by atoms with E-state index in [-0.39, 0.29) is 17.8 Å². The van der Waals surface area contributed by atoms with Gasteiger partial charge in [0.15, 0.2) is 5.82 Å². The largest absolute Gasteiger partial charge is 0.468 e. The standard InChI is InChI=1S/C10H15ClN4O2/c1-3-4-15(6-8(16)17-2)9-7(12)5-13-10(11)14-9/h5H,3-4,6,12H2,1-2H3. The number of carbonyl (C=O) groups excluding carboxylic acids is 1. The first-order valence-electron chi connectivity index (χ1n) is 5.18. The van der Waals surface area contributed by atoms with E-state index in [4.69, 9.17) is 17.3 Å². The summed E-state index contributed by atoms with van der Waals surface area (Å²) in [6.07, 6.45) is 2.27. The third-order valence-corrected chi connectivity index (χ3v) is 2.29. The van der Waals surface area contributed by atoms with Gasteiger partial charge in [-0.25, -0.2) is 4.98 Å². The lowest BCUT2D eigenvalue weighted by atomic mass is 10.3. The molecule has 0 bridgehead atoms. The Morgan fingerprint density at radius 3 is 2.94 bits per heavy atom. The molecule has 1 rings (SSSR count). The number of aromatic nitrogens is 2. The molecule has 0 saturated carbocycles. The van der Waals surface area contributed by atoms with E-state index in [9.17, 15) is 4.79 Å². The molecule has 0 aliphatic heterocycles. The van der Waals surface area contributed by atoms with Gasteiger partial charge in [-0.05, 0) is 18.0 Å². The van der Waals surface area contributed by atoms with Crippen LogP contribution in [-0.2, 0) is 9.53 Å². The summed E-state index contributed by atoms with van der Waals surface area (Å²) >= 11 is 5.71. The highest BCUT2D eigenvalue weighted by Crippen LogP contribution is 2.21. The maximum absolute atomic E-state index is 11.3. The first-order valence-corrected chi connectivity index (χ1v) is 5.56. The lowest BCUT2D eigenvalue weighted by molar-refractivity contribution is -0.138. The van der Waals surface area contributed by atoms with Crippen LogP contribution >= 0.6 is 11.6 Å². The smallest absolute Gasteiger partial charge is 0.325 e. The number of halogens is 1. The molecule has 7 heteroatoms. The summed E-state index contributed by atoms with van der Waals surface area (Å²) in [4.78, 5) is 20.8. The number of carbonyl (C=O) groups is 1. The highest BCUT2D eigenvalue weighted by Gasteiger charge is 2.15. The summed E-state index contributed by atoms with van der Waals surface area (Å²) in [6, 6.07) is 0. The molecule has 1 aromatic rings. The van der Waals surface area contributed by atoms with E-state index in [2.05, 4.69) is 14.7 Å². The molecular formula is C10H15ClN4O2. The molecule has 0 unspecified atom stereocenters. The Balaban J connectivity index is 2.95. The highest BCUT2D eigenvalue weighted by molar-refractivity contribution is 6.28. The van der Waals surface area contributed by atoms with Crippen molar-refractivity contribution in [3.8, 4) is 0 Å². The molecular weight excluding hydrogens is 244 g/mol. The molecule has 0 aliphatic carbocycles. The van der Waals surface area contributed by atoms with Crippen LogP contribution in [0.3, 0.4) is 0 Å². The Morgan fingerprint density at radius 1 is 1.65 bits per heavy atom. The Labute approximate surface area is 105 Å². The minimum atomic E-state index is -0.354. The number of nitrogens with two attached hydrogens (primary N) is 1. The number of esters is 1. The lowest BCUT2D eigenvalue weighted by Gasteiger charge is -2.22. The van der Waals surface area contributed by atoms with E-state index in [1.165, 1.54) is 13.3 Å². The fraction of sp³-hybridized carbons (Fsp3) is 0.500. The van der Waals surface area contributed by atoms with Gasteiger partial charge < -0.3 is 15.4 Å². The van der Waals surface area contributed by atoms with Crippen molar-refractivity contribution < 1.29 is 9.53 Å². The minimum absolute atomic E-state index is 0.0852. The summed E-state index contributed by atoms with van der Waals surface area (Å²) < 4.78 is 4.62. The number of ether oxygens (including phenoxy) is 1. The second kappa shape index (κ2) is 6.24. The normalized spacial score (nSPS) is 10.1. The van der Waals surface area contributed by atoms with Crippen molar-refractivity contribution in [3.63, 3.8) is 0 Å². The van der Waals surface area contributed by atoms with E-state index in [0.29, 0.717) is 18.1 Å². The van der Waals surface area contributed by atoms with E-state index in [0.717, 1.165) is 6.42 Å². The average Bonchev–Trinajstić information content (AvgIpc) is 2.31. The highest BCUT2D eigenvalue weighted by atomic mass is 35.5. The predicted molar refractivity (Wildman–Crippen MR) is 66.0 cm³/mol. The van der Waals surface area contributed by atoms with E-state index in [1.807, 2.05) is 6.92 Å². The molecule has 0 atom stereocenters. The van der Waals surface area contributed by atoms with Crippen LogP contribution in [-0.4, -0.2) is 36.1 Å². The molecule has 94 valence electrons. The van der Waals surface area contributed by atoms with Gasteiger partial charge in [-0.1, -0.05) is 6.92 Å². The fourth-order valence-electron chi connectivity index (χ4n) is 1.36. The van der Waals surface area contributed by atoms with Crippen LogP contribution in [0.1, 0.15) is 13.3 Å². The van der Waals surface area contributed by atoms with E-state index >= 15 is 0 Å². The second-order valence-electron chi connectivity index (χ2n) is 3.42. The summed E-state index contributed by atoms with van der Waals surface area (Å²) in [5.74, 6) is 0.102. The van der Waals surface area contributed by atoms with Gasteiger partial charge in [0.25, 0.3) is 0 Å². The van der Waals surface area contributed by atoms with Gasteiger partial charge in [-0.15, -0.1) is 0 Å². The molecule has 17 heavy (non-hydrogen) atoms. The summed E-state index contributed by atoms with van der Waals surface area (Å²) in [6.45, 7) is 2.71. The zero-order valence-electron chi connectivity index (χ0n) is 9.81. The van der Waals surface area contributed by atoms with Crippen molar-refractivity contribution in [2.75, 3.05) is 30.8 Å². The zero-order chi connectivity index (χ0) is 12.8. The molecule has 0 aliphatic rings. The van der Waals surface area contributed by atoms with Crippen molar-refractivity contribution in [2.24, 2.45) is 0 Å². The average molecular weight is 259 g/mol. The van der Waals surface area contributed by atoms with Crippen LogP contribution in [0.5, 0.6) is 0 Å². The molecule has 0 spiro atoms.